The van der Waals surface area contributed by atoms with Crippen LogP contribution in [0.4, 0.5) is 11.5 Å². The van der Waals surface area contributed by atoms with Crippen molar-refractivity contribution < 1.29 is 14.3 Å². The molecule has 0 bridgehead atoms. The number of hydrogen-bond acceptors (Lipinski definition) is 11. The summed E-state index contributed by atoms with van der Waals surface area (Å²) in [7, 11) is 0. The molecule has 2 aromatic heterocycles. The maximum atomic E-state index is 11.9. The highest BCUT2D eigenvalue weighted by Gasteiger charge is 2.21. The van der Waals surface area contributed by atoms with E-state index in [1.54, 1.807) is 24.3 Å². The summed E-state index contributed by atoms with van der Waals surface area (Å²) >= 11 is 8.84. The number of hydrogen-bond donors (Lipinski definition) is 3. The van der Waals surface area contributed by atoms with Crippen LogP contribution in [-0.4, -0.2) is 41.7 Å². The molecule has 1 atom stereocenters. The second kappa shape index (κ2) is 15.3. The van der Waals surface area contributed by atoms with Crippen molar-refractivity contribution in [2.45, 2.75) is 29.7 Å². The van der Waals surface area contributed by atoms with E-state index in [2.05, 4.69) is 15.9 Å². The number of carbonyl (C=O) groups excluding carboxylic acids is 1. The second-order valence-electron chi connectivity index (χ2n) is 9.14. The van der Waals surface area contributed by atoms with E-state index in [0.717, 1.165) is 16.3 Å². The smallest absolute Gasteiger partial charge is 0.323 e. The van der Waals surface area contributed by atoms with Crippen molar-refractivity contribution in [3.8, 4) is 33.5 Å². The van der Waals surface area contributed by atoms with Gasteiger partial charge in [-0.15, -0.1) is 11.3 Å². The minimum Gasteiger partial charge on any atom is -0.490 e. The van der Waals surface area contributed by atoms with Gasteiger partial charge in [0.15, 0.2) is 0 Å². The standard InChI is InChI=1S/C30H28ClN7O3S2/c1-36-26-25(18-6-10-22(11-7-18)40-13-14-41-30(39)24(34)3-2-12-32)23(15-33)29(38-27(26)35)43-17-21-16-42-28(37-21)19-4-8-20(31)9-5-19/h4-11,16,24H,2-3,12-14,17,32,34H2,(H2,35,38)/t24-/m1/s1. The van der Waals surface area contributed by atoms with Gasteiger partial charge in [-0.25, -0.2) is 14.8 Å². The molecule has 0 aliphatic heterocycles. The summed E-state index contributed by atoms with van der Waals surface area (Å²) in [4.78, 5) is 24.6. The normalized spacial score (nSPS) is 11.4. The average molecular weight is 634 g/mol. The maximum Gasteiger partial charge on any atom is 0.323 e. The van der Waals surface area contributed by atoms with Crippen LogP contribution in [-0.2, 0) is 15.3 Å². The minimum atomic E-state index is -0.710. The fraction of sp³-hybridized carbons (Fsp3) is 0.233. The topological polar surface area (TPSA) is 168 Å². The van der Waals surface area contributed by atoms with Gasteiger partial charge in [0.2, 0.25) is 5.69 Å². The van der Waals surface area contributed by atoms with Gasteiger partial charge in [-0.2, -0.15) is 5.26 Å². The lowest BCUT2D eigenvalue weighted by molar-refractivity contribution is -0.146. The summed E-state index contributed by atoms with van der Waals surface area (Å²) in [6.07, 6.45) is 1.10. The number of thiazole rings is 1. The molecule has 4 aromatic rings. The first-order valence-corrected chi connectivity index (χ1v) is 15.4. The number of nitrogens with zero attached hydrogens (tertiary/aromatic N) is 4. The number of nitrogen functional groups attached to an aromatic ring is 1. The first-order valence-electron chi connectivity index (χ1n) is 13.1. The van der Waals surface area contributed by atoms with Crippen molar-refractivity contribution in [2.24, 2.45) is 11.5 Å². The van der Waals surface area contributed by atoms with Crippen LogP contribution >= 0.6 is 34.7 Å². The first kappa shape index (κ1) is 31.8. The quantitative estimate of drug-likeness (QED) is 0.0707. The number of ether oxygens (including phenoxy) is 2. The number of nitriles is 1. The van der Waals surface area contributed by atoms with Gasteiger partial charge in [0, 0.05) is 27.3 Å². The molecule has 0 radical (unpaired) electrons. The van der Waals surface area contributed by atoms with Gasteiger partial charge < -0.3 is 26.7 Å². The third kappa shape index (κ3) is 8.23. The Balaban J connectivity index is 1.45. The summed E-state index contributed by atoms with van der Waals surface area (Å²) in [5, 5.41) is 14.0. The third-order valence-corrected chi connectivity index (χ3v) is 8.35. The van der Waals surface area contributed by atoms with Crippen molar-refractivity contribution in [1.82, 2.24) is 9.97 Å². The van der Waals surface area contributed by atoms with Crippen LogP contribution in [0.3, 0.4) is 0 Å². The van der Waals surface area contributed by atoms with Gasteiger partial charge in [0.1, 0.15) is 46.9 Å². The molecule has 0 aliphatic carbocycles. The molecular weight excluding hydrogens is 606 g/mol. The highest BCUT2D eigenvalue weighted by molar-refractivity contribution is 7.98. The largest absolute Gasteiger partial charge is 0.490 e. The zero-order valence-electron chi connectivity index (χ0n) is 23.0. The van der Waals surface area contributed by atoms with Gasteiger partial charge in [0.05, 0.1) is 17.8 Å². The van der Waals surface area contributed by atoms with E-state index < -0.39 is 12.0 Å². The van der Waals surface area contributed by atoms with E-state index >= 15 is 0 Å². The van der Waals surface area contributed by atoms with E-state index in [1.807, 2.05) is 29.6 Å². The maximum absolute atomic E-state index is 11.9. The first-order chi connectivity index (χ1) is 20.8. The van der Waals surface area contributed by atoms with Crippen LogP contribution in [0.15, 0.2) is 58.9 Å². The molecule has 0 unspecified atom stereocenters. The van der Waals surface area contributed by atoms with Crippen LogP contribution in [0.5, 0.6) is 5.75 Å². The zero-order chi connectivity index (χ0) is 30.8. The summed E-state index contributed by atoms with van der Waals surface area (Å²) in [5.41, 5.74) is 20.6. The summed E-state index contributed by atoms with van der Waals surface area (Å²) in [6.45, 7) is 8.33. The number of benzene rings is 2. The molecule has 0 fully saturated rings. The predicted octanol–water partition coefficient (Wildman–Crippen LogP) is 5.81. The highest BCUT2D eigenvalue weighted by Crippen LogP contribution is 2.42. The van der Waals surface area contributed by atoms with E-state index in [-0.39, 0.29) is 30.3 Å². The Morgan fingerprint density at radius 3 is 2.53 bits per heavy atom. The van der Waals surface area contributed by atoms with Crippen LogP contribution in [0.1, 0.15) is 24.1 Å². The second-order valence-corrected chi connectivity index (χ2v) is 11.4. The molecular formula is C30H28ClN7O3S2. The van der Waals surface area contributed by atoms with E-state index in [1.165, 1.54) is 23.1 Å². The molecule has 0 amide bonds. The number of anilines is 1. The van der Waals surface area contributed by atoms with Crippen LogP contribution in [0, 0.1) is 17.9 Å². The van der Waals surface area contributed by atoms with E-state index in [0.29, 0.717) is 52.1 Å². The molecule has 0 saturated carbocycles. The fourth-order valence-corrected chi connectivity index (χ4v) is 5.94. The molecule has 0 aliphatic rings. The number of esters is 1. The van der Waals surface area contributed by atoms with Crippen LogP contribution < -0.4 is 21.9 Å². The lowest BCUT2D eigenvalue weighted by Gasteiger charge is -2.14. The van der Waals surface area contributed by atoms with Crippen molar-refractivity contribution >= 4 is 52.2 Å². The Morgan fingerprint density at radius 2 is 1.86 bits per heavy atom. The monoisotopic (exact) mass is 633 g/mol. The lowest BCUT2D eigenvalue weighted by Crippen LogP contribution is -2.33. The molecule has 2 heterocycles. The molecule has 2 aromatic carbocycles. The summed E-state index contributed by atoms with van der Waals surface area (Å²) in [5.74, 6) is 0.520. The SMILES string of the molecule is [C-]#[N+]c1c(N)nc(SCc2csc(-c3ccc(Cl)cc3)n2)c(C#N)c1-c1ccc(OCCOC(=O)[C@H](N)CCCN)cc1. The molecule has 10 nitrogen and oxygen atoms in total. The Morgan fingerprint density at radius 1 is 1.14 bits per heavy atom. The molecule has 43 heavy (non-hydrogen) atoms. The number of pyridine rings is 1. The number of rotatable bonds is 13. The van der Waals surface area contributed by atoms with Gasteiger partial charge >= 0.3 is 5.97 Å². The molecule has 6 N–H and O–H groups in total. The van der Waals surface area contributed by atoms with Gasteiger partial charge in [0.25, 0.3) is 0 Å². The zero-order valence-corrected chi connectivity index (χ0v) is 25.3. The third-order valence-electron chi connectivity index (χ3n) is 6.15. The van der Waals surface area contributed by atoms with Crippen molar-refractivity contribution in [1.29, 1.82) is 5.26 Å². The predicted molar refractivity (Wildman–Crippen MR) is 170 cm³/mol. The van der Waals surface area contributed by atoms with Gasteiger partial charge in [-0.1, -0.05) is 47.6 Å². The average Bonchev–Trinajstić information content (AvgIpc) is 3.50. The Labute approximate surface area is 262 Å². The number of aromatic nitrogens is 2. The molecule has 0 spiro atoms. The van der Waals surface area contributed by atoms with Gasteiger partial charge in [-0.05, 0) is 49.2 Å². The molecule has 0 saturated heterocycles. The summed E-state index contributed by atoms with van der Waals surface area (Å²) < 4.78 is 10.8. The minimum absolute atomic E-state index is 0.0402. The molecule has 4 rings (SSSR count). The van der Waals surface area contributed by atoms with E-state index in [4.69, 9.17) is 49.8 Å². The lowest BCUT2D eigenvalue weighted by atomic mass is 10.00. The van der Waals surface area contributed by atoms with Crippen LogP contribution in [0.2, 0.25) is 5.02 Å². The highest BCUT2D eigenvalue weighted by atomic mass is 35.5. The Kier molecular flexibility index (Phi) is 11.3. The van der Waals surface area contributed by atoms with Crippen molar-refractivity contribution in [2.75, 3.05) is 25.5 Å². The number of halogens is 1. The fourth-order valence-electron chi connectivity index (χ4n) is 4.00. The number of thioether (sulfide) groups is 1. The molecule has 13 heteroatoms. The molecule has 220 valence electrons. The Bertz CT molecular complexity index is 1650. The number of nitrogens with two attached hydrogens (primary N) is 3. The van der Waals surface area contributed by atoms with Crippen LogP contribution in [0.25, 0.3) is 26.5 Å². The Hall–Kier alpha value is -4.17. The number of carbonyl (C=O) groups is 1. The van der Waals surface area contributed by atoms with Crippen molar-refractivity contribution in [3.05, 3.63) is 81.6 Å². The van der Waals surface area contributed by atoms with E-state index in [9.17, 15) is 10.1 Å². The van der Waals surface area contributed by atoms with Gasteiger partial charge in [-0.3, -0.25) is 4.79 Å². The summed E-state index contributed by atoms with van der Waals surface area (Å²) in [6, 6.07) is 15.9. The van der Waals surface area contributed by atoms with Crippen molar-refractivity contribution in [3.63, 3.8) is 0 Å².